The second-order valence-electron chi connectivity index (χ2n) is 3.80. The van der Waals surface area contributed by atoms with Gasteiger partial charge < -0.3 is 30.1 Å². The maximum Gasteiger partial charge on any atom is 0.434 e. The van der Waals surface area contributed by atoms with Crippen LogP contribution in [0.1, 0.15) is 0 Å². The zero-order valence-electron chi connectivity index (χ0n) is 11.3. The van der Waals surface area contributed by atoms with Crippen molar-refractivity contribution in [2.75, 3.05) is 46.2 Å². The van der Waals surface area contributed by atoms with Crippen molar-refractivity contribution in [2.45, 2.75) is 6.54 Å². The molecule has 1 rings (SSSR count). The van der Waals surface area contributed by atoms with E-state index in [1.807, 2.05) is 0 Å². The van der Waals surface area contributed by atoms with Crippen molar-refractivity contribution in [2.24, 2.45) is 5.73 Å². The molecule has 20 heavy (non-hydrogen) atoms. The summed E-state index contributed by atoms with van der Waals surface area (Å²) in [4.78, 5) is 13.7. The molecule has 114 valence electrons. The van der Waals surface area contributed by atoms with Crippen LogP contribution in [0.15, 0.2) is 12.4 Å². The van der Waals surface area contributed by atoms with Crippen molar-refractivity contribution >= 4 is 5.95 Å². The van der Waals surface area contributed by atoms with Crippen LogP contribution in [0.3, 0.4) is 0 Å². The molecule has 0 aliphatic heterocycles. The molecule has 0 amide bonds. The summed E-state index contributed by atoms with van der Waals surface area (Å²) >= 11 is 0. The molecule has 0 radical (unpaired) electrons. The summed E-state index contributed by atoms with van der Waals surface area (Å²) in [6.45, 7) is 3.68. The topological polar surface area (TPSA) is 115 Å². The van der Waals surface area contributed by atoms with Gasteiger partial charge in [0, 0.05) is 6.54 Å². The fourth-order valence-corrected chi connectivity index (χ4v) is 1.44. The molecule has 9 heteroatoms. The molecule has 1 aromatic heterocycles. The van der Waals surface area contributed by atoms with Gasteiger partial charge in [0.25, 0.3) is 0 Å². The first-order valence-corrected chi connectivity index (χ1v) is 6.34. The molecule has 0 unspecified atom stereocenters. The molecule has 0 fully saturated rings. The SMILES string of the molecule is NCCOCCOCCOCCn1ccnc1[N+](=O)[O-]. The Kier molecular flexibility index (Phi) is 8.47. The van der Waals surface area contributed by atoms with Crippen LogP contribution in [0.5, 0.6) is 0 Å². The normalized spacial score (nSPS) is 10.8. The van der Waals surface area contributed by atoms with E-state index in [9.17, 15) is 10.1 Å². The van der Waals surface area contributed by atoms with E-state index in [2.05, 4.69) is 4.98 Å². The highest BCUT2D eigenvalue weighted by molar-refractivity contribution is 5.06. The van der Waals surface area contributed by atoms with Crippen molar-refractivity contribution < 1.29 is 19.1 Å². The summed E-state index contributed by atoms with van der Waals surface area (Å²) in [5, 5.41) is 10.6. The van der Waals surface area contributed by atoms with E-state index >= 15 is 0 Å². The van der Waals surface area contributed by atoms with Gasteiger partial charge in [-0.3, -0.25) is 0 Å². The lowest BCUT2D eigenvalue weighted by atomic mass is 10.6. The molecule has 0 bridgehead atoms. The lowest BCUT2D eigenvalue weighted by Gasteiger charge is -2.06. The molecule has 1 aromatic rings. The molecular formula is C11H20N4O5. The van der Waals surface area contributed by atoms with Crippen LogP contribution in [-0.2, 0) is 20.8 Å². The first-order chi connectivity index (χ1) is 9.75. The molecule has 1 heterocycles. The van der Waals surface area contributed by atoms with Gasteiger partial charge in [0.15, 0.2) is 0 Å². The molecule has 0 aromatic carbocycles. The highest BCUT2D eigenvalue weighted by Crippen LogP contribution is 2.06. The maximum atomic E-state index is 10.6. The molecule has 0 saturated carbocycles. The third-order valence-corrected chi connectivity index (χ3v) is 2.34. The molecule has 9 nitrogen and oxygen atoms in total. The Labute approximate surface area is 116 Å². The van der Waals surface area contributed by atoms with E-state index in [0.29, 0.717) is 52.7 Å². The summed E-state index contributed by atoms with van der Waals surface area (Å²) in [5.41, 5.74) is 5.26. The number of imidazole rings is 1. The van der Waals surface area contributed by atoms with E-state index in [-0.39, 0.29) is 5.95 Å². The average Bonchev–Trinajstić information content (AvgIpc) is 2.89. The number of hydrogen-bond donors (Lipinski definition) is 1. The maximum absolute atomic E-state index is 10.6. The lowest BCUT2D eigenvalue weighted by molar-refractivity contribution is -0.396. The van der Waals surface area contributed by atoms with Gasteiger partial charge >= 0.3 is 5.95 Å². The van der Waals surface area contributed by atoms with Crippen molar-refractivity contribution in [1.29, 1.82) is 0 Å². The first kappa shape index (κ1) is 16.5. The van der Waals surface area contributed by atoms with Crippen LogP contribution in [0.25, 0.3) is 0 Å². The third-order valence-electron chi connectivity index (χ3n) is 2.34. The molecule has 0 atom stereocenters. The minimum absolute atomic E-state index is 0.179. The van der Waals surface area contributed by atoms with E-state index in [4.69, 9.17) is 19.9 Å². The van der Waals surface area contributed by atoms with Gasteiger partial charge in [0.2, 0.25) is 0 Å². The molecule has 0 aliphatic rings. The lowest BCUT2D eigenvalue weighted by Crippen LogP contribution is -2.14. The minimum Gasteiger partial charge on any atom is -0.390 e. The zero-order chi connectivity index (χ0) is 14.6. The summed E-state index contributed by atoms with van der Waals surface area (Å²) < 4.78 is 17.1. The highest BCUT2D eigenvalue weighted by atomic mass is 16.6. The predicted molar refractivity (Wildman–Crippen MR) is 70.4 cm³/mol. The zero-order valence-corrected chi connectivity index (χ0v) is 11.3. The molecule has 0 saturated heterocycles. The minimum atomic E-state index is -0.523. The number of nitrogens with two attached hydrogens (primary N) is 1. The smallest absolute Gasteiger partial charge is 0.390 e. The van der Waals surface area contributed by atoms with E-state index < -0.39 is 4.92 Å². The third kappa shape index (κ3) is 6.57. The fourth-order valence-electron chi connectivity index (χ4n) is 1.44. The van der Waals surface area contributed by atoms with Crippen molar-refractivity contribution in [3.8, 4) is 0 Å². The van der Waals surface area contributed by atoms with Crippen LogP contribution < -0.4 is 5.73 Å². The van der Waals surface area contributed by atoms with Crippen LogP contribution in [0.2, 0.25) is 0 Å². The highest BCUT2D eigenvalue weighted by Gasteiger charge is 2.12. The average molecular weight is 288 g/mol. The van der Waals surface area contributed by atoms with Crippen LogP contribution >= 0.6 is 0 Å². The summed E-state index contributed by atoms with van der Waals surface area (Å²) in [6, 6.07) is 0. The fraction of sp³-hybridized carbons (Fsp3) is 0.727. The van der Waals surface area contributed by atoms with Crippen LogP contribution in [0, 0.1) is 10.1 Å². The molecular weight excluding hydrogens is 268 g/mol. The number of ether oxygens (including phenoxy) is 3. The standard InChI is InChI=1S/C11H20N4O5/c12-1-5-18-7-9-20-10-8-19-6-4-14-3-2-13-11(14)15(16)17/h2-3H,1,4-10,12H2. The largest absolute Gasteiger partial charge is 0.434 e. The molecule has 0 spiro atoms. The van der Waals surface area contributed by atoms with Crippen LogP contribution in [0.4, 0.5) is 5.95 Å². The summed E-state index contributed by atoms with van der Waals surface area (Å²) in [7, 11) is 0. The Morgan fingerprint density at radius 1 is 1.15 bits per heavy atom. The van der Waals surface area contributed by atoms with E-state index in [1.165, 1.54) is 10.8 Å². The Hall–Kier alpha value is -1.55. The summed E-state index contributed by atoms with van der Waals surface area (Å²) in [6.07, 6.45) is 2.94. The van der Waals surface area contributed by atoms with E-state index in [1.54, 1.807) is 6.20 Å². The Balaban J connectivity index is 1.97. The molecule has 0 aliphatic carbocycles. The Morgan fingerprint density at radius 2 is 1.75 bits per heavy atom. The predicted octanol–water partition coefficient (Wildman–Crippen LogP) is -0.200. The number of aromatic nitrogens is 2. The van der Waals surface area contributed by atoms with Gasteiger partial charge in [-0.25, -0.2) is 4.57 Å². The molecule has 2 N–H and O–H groups in total. The number of rotatable bonds is 12. The van der Waals surface area contributed by atoms with Gasteiger partial charge in [0.05, 0.1) is 46.2 Å². The van der Waals surface area contributed by atoms with Gasteiger partial charge in [-0.05, 0) is 4.92 Å². The number of hydrogen-bond acceptors (Lipinski definition) is 7. The van der Waals surface area contributed by atoms with Crippen LogP contribution in [-0.4, -0.2) is 60.7 Å². The van der Waals surface area contributed by atoms with Gasteiger partial charge in [0.1, 0.15) is 12.4 Å². The first-order valence-electron chi connectivity index (χ1n) is 6.34. The number of nitro groups is 1. The number of nitrogens with zero attached hydrogens (tertiary/aromatic N) is 3. The second kappa shape index (κ2) is 10.3. The second-order valence-corrected chi connectivity index (χ2v) is 3.80. The van der Waals surface area contributed by atoms with Crippen molar-refractivity contribution in [1.82, 2.24) is 9.55 Å². The Bertz CT molecular complexity index is 385. The quantitative estimate of drug-likeness (QED) is 0.322. The monoisotopic (exact) mass is 288 g/mol. The van der Waals surface area contributed by atoms with Gasteiger partial charge in [-0.2, -0.15) is 0 Å². The summed E-state index contributed by atoms with van der Waals surface area (Å²) in [5.74, 6) is -0.179. The van der Waals surface area contributed by atoms with Crippen molar-refractivity contribution in [3.05, 3.63) is 22.5 Å². The Morgan fingerprint density at radius 3 is 2.35 bits per heavy atom. The van der Waals surface area contributed by atoms with Crippen molar-refractivity contribution in [3.63, 3.8) is 0 Å². The van der Waals surface area contributed by atoms with E-state index in [0.717, 1.165) is 0 Å². The van der Waals surface area contributed by atoms with Gasteiger partial charge in [-0.1, -0.05) is 4.98 Å². The van der Waals surface area contributed by atoms with Gasteiger partial charge in [-0.15, -0.1) is 0 Å².